The molecule has 0 amide bonds. The van der Waals surface area contributed by atoms with Crippen LogP contribution in [-0.2, 0) is 0 Å². The van der Waals surface area contributed by atoms with Crippen LogP contribution >= 0.6 is 0 Å². The average molecular weight is 406 g/mol. The van der Waals surface area contributed by atoms with E-state index in [1.165, 1.54) is 56.0 Å². The normalized spacial score (nSPS) is 18.0. The van der Waals surface area contributed by atoms with Crippen LogP contribution in [0.15, 0.2) is 43.3 Å². The SMILES string of the molecule is C=C.CC/C(C)=C/C(=C\C=N)c1c(C2CCC2)nc2c(N3CCCCC3)nccn12. The van der Waals surface area contributed by atoms with Crippen LogP contribution in [0.2, 0.25) is 0 Å². The molecule has 0 bridgehead atoms. The summed E-state index contributed by atoms with van der Waals surface area (Å²) in [4.78, 5) is 12.3. The van der Waals surface area contributed by atoms with Crippen LogP contribution in [-0.4, -0.2) is 33.7 Å². The van der Waals surface area contributed by atoms with E-state index in [0.717, 1.165) is 42.2 Å². The van der Waals surface area contributed by atoms with Crippen molar-refractivity contribution >= 4 is 23.3 Å². The molecule has 0 atom stereocenters. The average Bonchev–Trinajstić information content (AvgIpc) is 3.12. The molecule has 160 valence electrons. The second-order valence-corrected chi connectivity index (χ2v) is 8.10. The zero-order valence-corrected chi connectivity index (χ0v) is 18.5. The molecule has 0 aromatic carbocycles. The molecule has 1 aliphatic heterocycles. The van der Waals surface area contributed by atoms with Gasteiger partial charge in [-0.2, -0.15) is 0 Å². The molecule has 4 rings (SSSR count). The fraction of sp³-hybridized carbons (Fsp3) is 0.480. The van der Waals surface area contributed by atoms with Crippen molar-refractivity contribution in [3.63, 3.8) is 0 Å². The molecule has 5 heteroatoms. The molecule has 2 fully saturated rings. The minimum absolute atomic E-state index is 0.522. The minimum Gasteiger partial charge on any atom is -0.354 e. The maximum atomic E-state index is 7.70. The van der Waals surface area contributed by atoms with Gasteiger partial charge in [0, 0.05) is 43.2 Å². The van der Waals surface area contributed by atoms with Crippen LogP contribution in [0.5, 0.6) is 0 Å². The van der Waals surface area contributed by atoms with Crippen LogP contribution in [0.4, 0.5) is 5.82 Å². The Bertz CT molecular complexity index is 926. The number of rotatable bonds is 6. The van der Waals surface area contributed by atoms with Gasteiger partial charge >= 0.3 is 0 Å². The Morgan fingerprint density at radius 1 is 1.20 bits per heavy atom. The second-order valence-electron chi connectivity index (χ2n) is 8.10. The number of nitrogens with one attached hydrogen (secondary N) is 1. The van der Waals surface area contributed by atoms with Gasteiger partial charge in [-0.25, -0.2) is 9.97 Å². The maximum Gasteiger partial charge on any atom is 0.181 e. The van der Waals surface area contributed by atoms with Gasteiger partial charge in [0.15, 0.2) is 11.5 Å². The highest BCUT2D eigenvalue weighted by atomic mass is 15.2. The molecule has 30 heavy (non-hydrogen) atoms. The Labute approximate surface area is 180 Å². The molecule has 3 heterocycles. The van der Waals surface area contributed by atoms with Crippen LogP contribution < -0.4 is 4.90 Å². The first kappa shape index (κ1) is 22.0. The van der Waals surface area contributed by atoms with Crippen molar-refractivity contribution in [3.8, 4) is 0 Å². The number of fused-ring (bicyclic) bond motifs is 1. The summed E-state index contributed by atoms with van der Waals surface area (Å²) >= 11 is 0. The quantitative estimate of drug-likeness (QED) is 0.355. The van der Waals surface area contributed by atoms with E-state index < -0.39 is 0 Å². The number of nitrogens with zero attached hydrogens (tertiary/aromatic N) is 4. The Kier molecular flexibility index (Phi) is 7.61. The second kappa shape index (κ2) is 10.4. The molecule has 5 nitrogen and oxygen atoms in total. The number of allylic oxidation sites excluding steroid dienone is 4. The van der Waals surface area contributed by atoms with Crippen LogP contribution in [0.25, 0.3) is 11.2 Å². The van der Waals surface area contributed by atoms with Crippen molar-refractivity contribution in [1.82, 2.24) is 14.4 Å². The first-order valence-electron chi connectivity index (χ1n) is 11.2. The molecule has 2 aromatic heterocycles. The summed E-state index contributed by atoms with van der Waals surface area (Å²) in [6.45, 7) is 12.5. The van der Waals surface area contributed by atoms with E-state index in [9.17, 15) is 0 Å². The predicted octanol–water partition coefficient (Wildman–Crippen LogP) is 6.18. The summed E-state index contributed by atoms with van der Waals surface area (Å²) < 4.78 is 2.22. The Morgan fingerprint density at radius 2 is 1.93 bits per heavy atom. The zero-order valence-electron chi connectivity index (χ0n) is 18.5. The number of hydrogen-bond acceptors (Lipinski definition) is 4. The number of piperidine rings is 1. The molecule has 0 spiro atoms. The third-order valence-corrected chi connectivity index (χ3v) is 6.19. The summed E-state index contributed by atoms with van der Waals surface area (Å²) in [7, 11) is 0. The predicted molar refractivity (Wildman–Crippen MR) is 128 cm³/mol. The highest BCUT2D eigenvalue weighted by Gasteiger charge is 2.29. The Morgan fingerprint density at radius 3 is 2.53 bits per heavy atom. The largest absolute Gasteiger partial charge is 0.354 e. The van der Waals surface area contributed by atoms with Gasteiger partial charge in [-0.15, -0.1) is 13.2 Å². The summed E-state index contributed by atoms with van der Waals surface area (Å²) in [6.07, 6.45) is 17.9. The van der Waals surface area contributed by atoms with E-state index >= 15 is 0 Å². The molecule has 0 unspecified atom stereocenters. The molecule has 1 saturated carbocycles. The van der Waals surface area contributed by atoms with Crippen LogP contribution in [0.1, 0.15) is 76.1 Å². The lowest BCUT2D eigenvalue weighted by Gasteiger charge is -2.27. The number of hydrogen-bond donors (Lipinski definition) is 1. The van der Waals surface area contributed by atoms with E-state index in [0.29, 0.717) is 5.92 Å². The van der Waals surface area contributed by atoms with Gasteiger partial charge in [0.2, 0.25) is 0 Å². The third kappa shape index (κ3) is 4.40. The summed E-state index contributed by atoms with van der Waals surface area (Å²) in [6, 6.07) is 0. The Balaban J connectivity index is 0.00000124. The van der Waals surface area contributed by atoms with Gasteiger partial charge in [0.1, 0.15) is 0 Å². The van der Waals surface area contributed by atoms with Gasteiger partial charge < -0.3 is 10.3 Å². The van der Waals surface area contributed by atoms with Gasteiger partial charge in [-0.05, 0) is 51.5 Å². The molecule has 0 radical (unpaired) electrons. The highest BCUT2D eigenvalue weighted by molar-refractivity contribution is 5.88. The molecule has 1 N–H and O–H groups in total. The van der Waals surface area contributed by atoms with E-state index in [4.69, 9.17) is 15.4 Å². The van der Waals surface area contributed by atoms with E-state index in [-0.39, 0.29) is 0 Å². The van der Waals surface area contributed by atoms with Crippen molar-refractivity contribution in [1.29, 1.82) is 5.41 Å². The minimum atomic E-state index is 0.522. The van der Waals surface area contributed by atoms with Crippen LogP contribution in [0, 0.1) is 5.41 Å². The fourth-order valence-corrected chi connectivity index (χ4v) is 4.22. The smallest absolute Gasteiger partial charge is 0.181 e. The first-order valence-corrected chi connectivity index (χ1v) is 11.2. The fourth-order valence-electron chi connectivity index (χ4n) is 4.22. The van der Waals surface area contributed by atoms with Gasteiger partial charge in [-0.3, -0.25) is 4.40 Å². The van der Waals surface area contributed by atoms with Crippen molar-refractivity contribution in [2.24, 2.45) is 0 Å². The zero-order chi connectivity index (χ0) is 21.5. The third-order valence-electron chi connectivity index (χ3n) is 6.19. The van der Waals surface area contributed by atoms with Crippen molar-refractivity contribution < 1.29 is 0 Å². The number of imidazole rings is 1. The lowest BCUT2D eigenvalue weighted by molar-refractivity contribution is 0.412. The molecule has 2 aliphatic rings. The molecule has 1 saturated heterocycles. The van der Waals surface area contributed by atoms with Crippen LogP contribution in [0.3, 0.4) is 0 Å². The van der Waals surface area contributed by atoms with E-state index in [2.05, 4.69) is 42.4 Å². The van der Waals surface area contributed by atoms with Crippen molar-refractivity contribution in [2.75, 3.05) is 18.0 Å². The topological polar surface area (TPSA) is 57.3 Å². The van der Waals surface area contributed by atoms with Gasteiger partial charge in [0.25, 0.3) is 0 Å². The van der Waals surface area contributed by atoms with E-state index in [1.807, 2.05) is 18.5 Å². The van der Waals surface area contributed by atoms with Crippen molar-refractivity contribution in [2.45, 2.75) is 64.7 Å². The lowest BCUT2D eigenvalue weighted by Crippen LogP contribution is -2.30. The highest BCUT2D eigenvalue weighted by Crippen LogP contribution is 2.41. The number of aromatic nitrogens is 3. The molecular formula is C25H35N5. The monoisotopic (exact) mass is 405 g/mol. The standard InChI is InChI=1S/C23H31N5.C2H4/c1-3-17(2)16-19(10-11-24)21-20(18-8-7-9-18)26-23-22(25-12-15-28(21)23)27-13-5-4-6-14-27;1-2/h10-12,15-16,18,24H,3-9,13-14H2,1-2H3;1-2H2/b17-16+,19-10+,24-11?;. The molecule has 2 aromatic rings. The Hall–Kier alpha value is -2.69. The summed E-state index contributed by atoms with van der Waals surface area (Å²) in [5.41, 5.74) is 5.70. The van der Waals surface area contributed by atoms with Gasteiger partial charge in [0.05, 0.1) is 11.4 Å². The summed E-state index contributed by atoms with van der Waals surface area (Å²) in [5, 5.41) is 7.70. The first-order chi connectivity index (χ1) is 14.7. The number of anilines is 1. The van der Waals surface area contributed by atoms with Gasteiger partial charge in [-0.1, -0.05) is 25.0 Å². The van der Waals surface area contributed by atoms with E-state index in [1.54, 1.807) is 0 Å². The lowest BCUT2D eigenvalue weighted by atomic mass is 9.81. The van der Waals surface area contributed by atoms with Crippen molar-refractivity contribution in [3.05, 3.63) is 54.7 Å². The maximum absolute atomic E-state index is 7.70. The summed E-state index contributed by atoms with van der Waals surface area (Å²) in [5.74, 6) is 1.54. The molecule has 1 aliphatic carbocycles. The molecular weight excluding hydrogens is 370 g/mol.